The van der Waals surface area contributed by atoms with Crippen molar-refractivity contribution in [3.8, 4) is 5.69 Å². The van der Waals surface area contributed by atoms with E-state index in [1.165, 1.54) is 22.2 Å². The number of halogens is 1. The smallest absolute Gasteiger partial charge is 0.267 e. The van der Waals surface area contributed by atoms with Crippen molar-refractivity contribution in [1.82, 2.24) is 14.5 Å². The normalized spacial score (nSPS) is 17.0. The number of thiophene rings is 1. The maximum absolute atomic E-state index is 13.7. The van der Waals surface area contributed by atoms with E-state index in [4.69, 9.17) is 16.6 Å². The predicted molar refractivity (Wildman–Crippen MR) is 133 cm³/mol. The molecule has 2 aromatic heterocycles. The molecular formula is C24H26ClN3O2S2. The van der Waals surface area contributed by atoms with Crippen LogP contribution >= 0.6 is 34.7 Å². The summed E-state index contributed by atoms with van der Waals surface area (Å²) >= 11 is 9.09. The van der Waals surface area contributed by atoms with Crippen molar-refractivity contribution in [1.29, 1.82) is 0 Å². The predicted octanol–water partition coefficient (Wildman–Crippen LogP) is 5.33. The molecule has 0 saturated carbocycles. The molecule has 0 bridgehead atoms. The zero-order chi connectivity index (χ0) is 22.2. The number of aryl methyl sites for hydroxylation is 2. The molecule has 1 fully saturated rings. The summed E-state index contributed by atoms with van der Waals surface area (Å²) in [7, 11) is 0. The van der Waals surface area contributed by atoms with E-state index >= 15 is 0 Å². The second-order valence-corrected chi connectivity index (χ2v) is 11.2. The van der Waals surface area contributed by atoms with Gasteiger partial charge in [-0.15, -0.1) is 11.3 Å². The van der Waals surface area contributed by atoms with E-state index in [1.54, 1.807) is 28.0 Å². The molecule has 32 heavy (non-hydrogen) atoms. The molecule has 2 aliphatic rings. The number of rotatable bonds is 4. The van der Waals surface area contributed by atoms with Gasteiger partial charge in [0, 0.05) is 23.0 Å². The summed E-state index contributed by atoms with van der Waals surface area (Å²) in [6.45, 7) is 3.87. The van der Waals surface area contributed by atoms with E-state index in [9.17, 15) is 9.59 Å². The lowest BCUT2D eigenvalue weighted by molar-refractivity contribution is -0.129. The Kier molecular flexibility index (Phi) is 6.32. The third-order valence-corrected chi connectivity index (χ3v) is 8.87. The average molecular weight is 488 g/mol. The molecule has 3 heterocycles. The van der Waals surface area contributed by atoms with Crippen LogP contribution in [0.5, 0.6) is 0 Å². The molecule has 0 radical (unpaired) electrons. The minimum Gasteiger partial charge on any atom is -0.342 e. The highest BCUT2D eigenvalue weighted by Gasteiger charge is 2.25. The molecule has 0 unspecified atom stereocenters. The Labute approximate surface area is 200 Å². The molecule has 5 rings (SSSR count). The second kappa shape index (κ2) is 9.20. The molecule has 0 spiro atoms. The molecule has 0 atom stereocenters. The van der Waals surface area contributed by atoms with Crippen molar-refractivity contribution >= 4 is 50.8 Å². The van der Waals surface area contributed by atoms with Crippen molar-refractivity contribution in [2.75, 3.05) is 18.8 Å². The maximum atomic E-state index is 13.7. The third kappa shape index (κ3) is 4.22. The van der Waals surface area contributed by atoms with Gasteiger partial charge in [-0.05, 0) is 74.3 Å². The van der Waals surface area contributed by atoms with E-state index < -0.39 is 0 Å². The summed E-state index contributed by atoms with van der Waals surface area (Å²) in [6.07, 6.45) is 6.33. The zero-order valence-corrected chi connectivity index (χ0v) is 20.5. The van der Waals surface area contributed by atoms with Crippen LogP contribution in [0.25, 0.3) is 15.9 Å². The second-order valence-electron chi connectivity index (χ2n) is 8.75. The van der Waals surface area contributed by atoms with Crippen molar-refractivity contribution in [3.05, 3.63) is 50.1 Å². The third-order valence-electron chi connectivity index (χ3n) is 6.50. The molecule has 1 aromatic carbocycles. The number of thioether (sulfide) groups is 1. The molecule has 5 nitrogen and oxygen atoms in total. The first-order valence-electron chi connectivity index (χ1n) is 11.2. The Hall–Kier alpha value is -1.83. The van der Waals surface area contributed by atoms with Crippen LogP contribution in [-0.2, 0) is 17.6 Å². The van der Waals surface area contributed by atoms with Gasteiger partial charge in [0.1, 0.15) is 4.83 Å². The quantitative estimate of drug-likeness (QED) is 0.368. The van der Waals surface area contributed by atoms with Gasteiger partial charge in [0.05, 0.1) is 16.8 Å². The van der Waals surface area contributed by atoms with Crippen LogP contribution in [0.1, 0.15) is 43.0 Å². The minimum absolute atomic E-state index is 0.0431. The molecule has 0 N–H and O–H groups in total. The van der Waals surface area contributed by atoms with Crippen LogP contribution in [0.2, 0.25) is 5.02 Å². The summed E-state index contributed by atoms with van der Waals surface area (Å²) in [5.74, 6) is 1.07. The fraction of sp³-hybridized carbons (Fsp3) is 0.458. The van der Waals surface area contributed by atoms with Gasteiger partial charge >= 0.3 is 0 Å². The molecule has 168 valence electrons. The highest BCUT2D eigenvalue weighted by molar-refractivity contribution is 7.99. The monoisotopic (exact) mass is 487 g/mol. The van der Waals surface area contributed by atoms with Crippen molar-refractivity contribution in [2.45, 2.75) is 50.6 Å². The van der Waals surface area contributed by atoms with E-state index in [-0.39, 0.29) is 17.2 Å². The van der Waals surface area contributed by atoms with Gasteiger partial charge in [-0.2, -0.15) is 0 Å². The molecule has 1 aliphatic heterocycles. The lowest BCUT2D eigenvalue weighted by Crippen LogP contribution is -2.39. The number of amides is 1. The van der Waals surface area contributed by atoms with Gasteiger partial charge in [-0.3, -0.25) is 14.2 Å². The highest BCUT2D eigenvalue weighted by atomic mass is 35.5. The van der Waals surface area contributed by atoms with Crippen LogP contribution in [0.4, 0.5) is 0 Å². The van der Waals surface area contributed by atoms with Crippen LogP contribution in [0.3, 0.4) is 0 Å². The number of benzene rings is 1. The number of aromatic nitrogens is 2. The van der Waals surface area contributed by atoms with E-state index in [0.717, 1.165) is 67.5 Å². The average Bonchev–Trinajstić information content (AvgIpc) is 3.17. The maximum Gasteiger partial charge on any atom is 0.267 e. The minimum atomic E-state index is -0.0431. The Bertz CT molecular complexity index is 1210. The first-order valence-corrected chi connectivity index (χ1v) is 13.4. The van der Waals surface area contributed by atoms with Crippen LogP contribution in [0.15, 0.2) is 34.2 Å². The number of hydrogen-bond acceptors (Lipinski definition) is 5. The highest BCUT2D eigenvalue weighted by Crippen LogP contribution is 2.35. The van der Waals surface area contributed by atoms with Crippen LogP contribution in [0, 0.1) is 5.92 Å². The van der Waals surface area contributed by atoms with Crippen molar-refractivity contribution in [2.24, 2.45) is 5.92 Å². The topological polar surface area (TPSA) is 55.2 Å². The molecule has 1 aliphatic carbocycles. The fourth-order valence-corrected chi connectivity index (χ4v) is 6.92. The Morgan fingerprint density at radius 2 is 1.91 bits per heavy atom. The fourth-order valence-electron chi connectivity index (χ4n) is 4.58. The Balaban J connectivity index is 1.53. The number of nitrogens with zero attached hydrogens (tertiary/aromatic N) is 3. The van der Waals surface area contributed by atoms with Crippen molar-refractivity contribution < 1.29 is 4.79 Å². The number of carbonyl (C=O) groups is 1. The lowest BCUT2D eigenvalue weighted by Gasteiger charge is -2.30. The van der Waals surface area contributed by atoms with E-state index in [2.05, 4.69) is 6.92 Å². The summed E-state index contributed by atoms with van der Waals surface area (Å²) in [5, 5.41) is 1.94. The summed E-state index contributed by atoms with van der Waals surface area (Å²) in [5.41, 5.74) is 1.86. The van der Waals surface area contributed by atoms with Gasteiger partial charge in [0.25, 0.3) is 5.56 Å². The summed E-state index contributed by atoms with van der Waals surface area (Å²) in [6, 6.07) is 7.25. The molecule has 3 aromatic rings. The molecule has 8 heteroatoms. The van der Waals surface area contributed by atoms with Gasteiger partial charge in [0.15, 0.2) is 5.16 Å². The number of fused-ring (bicyclic) bond motifs is 3. The van der Waals surface area contributed by atoms with Gasteiger partial charge < -0.3 is 4.90 Å². The Morgan fingerprint density at radius 1 is 1.19 bits per heavy atom. The number of likely N-dealkylation sites (tertiary alicyclic amines) is 1. The van der Waals surface area contributed by atoms with E-state index in [0.29, 0.717) is 16.1 Å². The van der Waals surface area contributed by atoms with Gasteiger partial charge in [0.2, 0.25) is 5.91 Å². The van der Waals surface area contributed by atoms with E-state index in [1.807, 2.05) is 17.0 Å². The molecule has 1 amide bonds. The lowest BCUT2D eigenvalue weighted by atomic mass is 9.97. The molecular weight excluding hydrogens is 462 g/mol. The standard InChI is InChI=1S/C24H26ClN3O2S2/c1-15-10-12-27(13-11-15)20(29)14-31-24-26-22-21(18-4-2-3-5-19(18)32-22)23(30)28(24)17-8-6-16(25)7-9-17/h6-9,15H,2-5,10-14H2,1H3. The SMILES string of the molecule is CC1CCN(C(=O)CSc2nc3sc4c(c3c(=O)n2-c2ccc(Cl)cc2)CCCC4)CC1. The summed E-state index contributed by atoms with van der Waals surface area (Å²) < 4.78 is 1.66. The first kappa shape index (κ1) is 22.0. The van der Waals surface area contributed by atoms with Crippen molar-refractivity contribution in [3.63, 3.8) is 0 Å². The van der Waals surface area contributed by atoms with Crippen LogP contribution < -0.4 is 5.56 Å². The Morgan fingerprint density at radius 3 is 2.66 bits per heavy atom. The number of piperidine rings is 1. The zero-order valence-electron chi connectivity index (χ0n) is 18.1. The first-order chi connectivity index (χ1) is 15.5. The number of carbonyl (C=O) groups excluding carboxylic acids is 1. The number of hydrogen-bond donors (Lipinski definition) is 0. The summed E-state index contributed by atoms with van der Waals surface area (Å²) in [4.78, 5) is 35.5. The van der Waals surface area contributed by atoms with Crippen LogP contribution in [-0.4, -0.2) is 39.2 Å². The molecule has 1 saturated heterocycles. The largest absolute Gasteiger partial charge is 0.342 e. The van der Waals surface area contributed by atoms with Gasteiger partial charge in [-0.25, -0.2) is 4.98 Å². The van der Waals surface area contributed by atoms with Gasteiger partial charge in [-0.1, -0.05) is 30.3 Å².